The zero-order chi connectivity index (χ0) is 15.0. The van der Waals surface area contributed by atoms with E-state index in [9.17, 15) is 13.6 Å². The summed E-state index contributed by atoms with van der Waals surface area (Å²) < 4.78 is 28.3. The van der Waals surface area contributed by atoms with Gasteiger partial charge in [-0.15, -0.1) is 11.6 Å². The minimum absolute atomic E-state index is 0.101. The molecule has 21 heavy (non-hydrogen) atoms. The number of fused-ring (bicyclic) bond motifs is 1. The molecule has 106 valence electrons. The Morgan fingerprint density at radius 3 is 2.67 bits per heavy atom. The number of para-hydroxylation sites is 1. The predicted molar refractivity (Wildman–Crippen MR) is 76.8 cm³/mol. The van der Waals surface area contributed by atoms with E-state index < -0.39 is 17.2 Å². The van der Waals surface area contributed by atoms with E-state index in [1.807, 2.05) is 0 Å². The summed E-state index contributed by atoms with van der Waals surface area (Å²) in [6.45, 7) is 0. The molecule has 3 rings (SSSR count). The van der Waals surface area contributed by atoms with Crippen LogP contribution >= 0.6 is 11.6 Å². The van der Waals surface area contributed by atoms with Gasteiger partial charge in [-0.05, 0) is 24.3 Å². The van der Waals surface area contributed by atoms with E-state index in [1.54, 1.807) is 24.3 Å². The maximum Gasteiger partial charge on any atom is 0.266 e. The molecule has 0 fully saturated rings. The Morgan fingerprint density at radius 2 is 1.90 bits per heavy atom. The summed E-state index contributed by atoms with van der Waals surface area (Å²) in [4.78, 5) is 16.8. The van der Waals surface area contributed by atoms with Gasteiger partial charge in [0.1, 0.15) is 17.5 Å². The van der Waals surface area contributed by atoms with E-state index in [-0.39, 0.29) is 17.4 Å². The summed E-state index contributed by atoms with van der Waals surface area (Å²) in [5.74, 6) is -1.31. The molecule has 1 heterocycles. The molecule has 0 saturated carbocycles. The number of hydrogen-bond donors (Lipinski definition) is 0. The van der Waals surface area contributed by atoms with Crippen molar-refractivity contribution in [3.8, 4) is 5.69 Å². The molecule has 6 heteroatoms. The highest BCUT2D eigenvalue weighted by Crippen LogP contribution is 2.18. The van der Waals surface area contributed by atoms with Gasteiger partial charge in [-0.25, -0.2) is 13.8 Å². The lowest BCUT2D eigenvalue weighted by molar-refractivity contribution is 0.588. The largest absolute Gasteiger partial charge is 0.268 e. The highest BCUT2D eigenvalue weighted by atomic mass is 35.5. The normalized spacial score (nSPS) is 11.0. The van der Waals surface area contributed by atoms with Crippen LogP contribution in [0.5, 0.6) is 0 Å². The standard InChI is InChI=1S/C15H9ClF2N2O/c16-8-14-19-12-4-2-1-3-10(12)15(21)20(14)13-7-9(17)5-6-11(13)18/h1-7H,8H2. The molecule has 0 aliphatic rings. The second-order valence-corrected chi connectivity index (χ2v) is 4.68. The predicted octanol–water partition coefficient (Wildman–Crippen LogP) is 3.40. The lowest BCUT2D eigenvalue weighted by Crippen LogP contribution is -2.24. The van der Waals surface area contributed by atoms with Crippen molar-refractivity contribution in [3.05, 3.63) is 70.3 Å². The Balaban J connectivity index is 2.44. The van der Waals surface area contributed by atoms with E-state index in [4.69, 9.17) is 11.6 Å². The smallest absolute Gasteiger partial charge is 0.266 e. The van der Waals surface area contributed by atoms with E-state index >= 15 is 0 Å². The van der Waals surface area contributed by atoms with E-state index in [2.05, 4.69) is 4.98 Å². The first-order valence-electron chi connectivity index (χ1n) is 6.14. The monoisotopic (exact) mass is 306 g/mol. The molecule has 0 spiro atoms. The van der Waals surface area contributed by atoms with Crippen LogP contribution in [0.4, 0.5) is 8.78 Å². The van der Waals surface area contributed by atoms with Crippen LogP contribution in [0.25, 0.3) is 16.6 Å². The fraction of sp³-hybridized carbons (Fsp3) is 0.0667. The van der Waals surface area contributed by atoms with Crippen molar-refractivity contribution >= 4 is 22.5 Å². The summed E-state index contributed by atoms with van der Waals surface area (Å²) in [5.41, 5.74) is -0.221. The first kappa shape index (κ1) is 13.7. The van der Waals surface area contributed by atoms with Gasteiger partial charge in [0.05, 0.1) is 22.5 Å². The molecule has 3 aromatic rings. The molecule has 1 aromatic heterocycles. The van der Waals surface area contributed by atoms with Crippen LogP contribution in [-0.2, 0) is 5.88 Å². The Bertz CT molecular complexity index is 892. The molecule has 0 aliphatic heterocycles. The summed E-state index contributed by atoms with van der Waals surface area (Å²) in [6.07, 6.45) is 0. The van der Waals surface area contributed by atoms with Crippen LogP contribution in [-0.4, -0.2) is 9.55 Å². The molecule has 0 amide bonds. The lowest BCUT2D eigenvalue weighted by Gasteiger charge is -2.12. The van der Waals surface area contributed by atoms with Crippen LogP contribution in [0.2, 0.25) is 0 Å². The van der Waals surface area contributed by atoms with Crippen LogP contribution in [0.3, 0.4) is 0 Å². The van der Waals surface area contributed by atoms with Crippen LogP contribution in [0.15, 0.2) is 47.3 Å². The molecular weight excluding hydrogens is 298 g/mol. The maximum absolute atomic E-state index is 14.0. The van der Waals surface area contributed by atoms with Gasteiger partial charge in [0.15, 0.2) is 0 Å². The van der Waals surface area contributed by atoms with Crippen molar-refractivity contribution < 1.29 is 8.78 Å². The van der Waals surface area contributed by atoms with Gasteiger partial charge in [-0.2, -0.15) is 0 Å². The molecule has 0 unspecified atom stereocenters. The first-order valence-corrected chi connectivity index (χ1v) is 6.67. The number of alkyl halides is 1. The van der Waals surface area contributed by atoms with Crippen molar-refractivity contribution in [1.29, 1.82) is 0 Å². The summed E-state index contributed by atoms with van der Waals surface area (Å²) >= 11 is 5.81. The number of nitrogens with zero attached hydrogens (tertiary/aromatic N) is 2. The molecule has 0 aliphatic carbocycles. The van der Waals surface area contributed by atoms with Gasteiger partial charge < -0.3 is 0 Å². The number of benzene rings is 2. The van der Waals surface area contributed by atoms with Gasteiger partial charge in [0.2, 0.25) is 0 Å². The Kier molecular flexibility index (Phi) is 3.43. The third-order valence-corrected chi connectivity index (χ3v) is 3.35. The molecule has 0 atom stereocenters. The summed E-state index contributed by atoms with van der Waals surface area (Å²) in [6, 6.07) is 9.56. The van der Waals surface area contributed by atoms with Gasteiger partial charge in [0.25, 0.3) is 5.56 Å². The van der Waals surface area contributed by atoms with Crippen molar-refractivity contribution in [3.63, 3.8) is 0 Å². The fourth-order valence-corrected chi connectivity index (χ4v) is 2.35. The Labute approximate surface area is 123 Å². The van der Waals surface area contributed by atoms with Crippen molar-refractivity contribution in [2.45, 2.75) is 5.88 Å². The van der Waals surface area contributed by atoms with Gasteiger partial charge >= 0.3 is 0 Å². The Morgan fingerprint density at radius 1 is 1.14 bits per heavy atom. The molecule has 0 N–H and O–H groups in total. The minimum Gasteiger partial charge on any atom is -0.268 e. The molecular formula is C15H9ClF2N2O. The quantitative estimate of drug-likeness (QED) is 0.680. The third kappa shape index (κ3) is 2.29. The van der Waals surface area contributed by atoms with Crippen molar-refractivity contribution in [1.82, 2.24) is 9.55 Å². The zero-order valence-electron chi connectivity index (χ0n) is 10.7. The molecule has 2 aromatic carbocycles. The highest BCUT2D eigenvalue weighted by Gasteiger charge is 2.15. The van der Waals surface area contributed by atoms with E-state index in [0.717, 1.165) is 22.8 Å². The molecule has 3 nitrogen and oxygen atoms in total. The fourth-order valence-electron chi connectivity index (χ4n) is 2.17. The number of halogens is 3. The van der Waals surface area contributed by atoms with Crippen molar-refractivity contribution in [2.24, 2.45) is 0 Å². The average Bonchev–Trinajstić information content (AvgIpc) is 2.50. The lowest BCUT2D eigenvalue weighted by atomic mass is 10.2. The number of aromatic nitrogens is 2. The molecule has 0 radical (unpaired) electrons. The molecule has 0 bridgehead atoms. The second-order valence-electron chi connectivity index (χ2n) is 4.42. The van der Waals surface area contributed by atoms with Crippen molar-refractivity contribution in [2.75, 3.05) is 0 Å². The third-order valence-electron chi connectivity index (χ3n) is 3.11. The minimum atomic E-state index is -0.720. The highest BCUT2D eigenvalue weighted by molar-refractivity contribution is 6.16. The van der Waals surface area contributed by atoms with Crippen LogP contribution in [0.1, 0.15) is 5.82 Å². The van der Waals surface area contributed by atoms with E-state index in [1.165, 1.54) is 0 Å². The number of hydrogen-bond acceptors (Lipinski definition) is 2. The van der Waals surface area contributed by atoms with Gasteiger partial charge in [-0.1, -0.05) is 12.1 Å². The van der Waals surface area contributed by atoms with Crippen LogP contribution in [0, 0.1) is 11.6 Å². The molecule has 0 saturated heterocycles. The summed E-state index contributed by atoms with van der Waals surface area (Å²) in [5, 5.41) is 0.315. The summed E-state index contributed by atoms with van der Waals surface area (Å²) in [7, 11) is 0. The average molecular weight is 307 g/mol. The van der Waals surface area contributed by atoms with Gasteiger partial charge in [-0.3, -0.25) is 9.36 Å². The SMILES string of the molecule is O=c1c2ccccc2nc(CCl)n1-c1cc(F)ccc1F. The van der Waals surface area contributed by atoms with Gasteiger partial charge in [0, 0.05) is 6.07 Å². The second kappa shape index (κ2) is 5.26. The number of rotatable bonds is 2. The first-order chi connectivity index (χ1) is 10.1. The van der Waals surface area contributed by atoms with E-state index in [0.29, 0.717) is 10.9 Å². The Hall–Kier alpha value is -2.27. The topological polar surface area (TPSA) is 34.9 Å². The maximum atomic E-state index is 14.0. The van der Waals surface area contributed by atoms with Crippen LogP contribution < -0.4 is 5.56 Å². The zero-order valence-corrected chi connectivity index (χ0v) is 11.4.